The molecule has 0 radical (unpaired) electrons. The third kappa shape index (κ3) is 7.52. The first kappa shape index (κ1) is 27.5. The molecule has 1 aromatic heterocycles. The second-order valence-electron chi connectivity index (χ2n) is 9.89. The van der Waals surface area contributed by atoms with Crippen LogP contribution in [-0.2, 0) is 10.0 Å². The lowest BCUT2D eigenvalue weighted by atomic mass is 10.0. The summed E-state index contributed by atoms with van der Waals surface area (Å²) in [6.07, 6.45) is 3.82. The molecule has 1 aliphatic carbocycles. The molecule has 9 nitrogen and oxygen atoms in total. The maximum Gasteiger partial charge on any atom is 0.264 e. The lowest BCUT2D eigenvalue weighted by Crippen LogP contribution is -2.33. The Labute approximate surface area is 224 Å². The van der Waals surface area contributed by atoms with Crippen molar-refractivity contribution in [1.29, 1.82) is 0 Å². The fraction of sp³-hybridized carbons (Fsp3) is 0.393. The minimum absolute atomic E-state index is 0.0704. The minimum Gasteiger partial charge on any atom is -0.493 e. The van der Waals surface area contributed by atoms with Crippen LogP contribution < -0.4 is 19.5 Å². The van der Waals surface area contributed by atoms with E-state index in [0.717, 1.165) is 19.3 Å². The average molecular weight is 539 g/mol. The van der Waals surface area contributed by atoms with E-state index in [9.17, 15) is 13.2 Å². The number of nitrogens with zero attached hydrogens (tertiary/aromatic N) is 2. The number of carbonyl (C=O) groups excluding carboxylic acids is 1. The second-order valence-corrected chi connectivity index (χ2v) is 11.6. The normalized spacial score (nSPS) is 14.2. The summed E-state index contributed by atoms with van der Waals surface area (Å²) in [5, 5.41) is 3.25. The van der Waals surface area contributed by atoms with E-state index in [1.54, 1.807) is 6.07 Å². The summed E-state index contributed by atoms with van der Waals surface area (Å²) in [5.41, 5.74) is 1.42. The Kier molecular flexibility index (Phi) is 8.96. The number of anilines is 1. The van der Waals surface area contributed by atoms with Crippen molar-refractivity contribution in [2.24, 2.45) is 11.8 Å². The van der Waals surface area contributed by atoms with Crippen molar-refractivity contribution >= 4 is 22.3 Å². The molecule has 0 amide bonds. The van der Waals surface area contributed by atoms with Crippen LogP contribution in [0.1, 0.15) is 43.5 Å². The molecule has 202 valence electrons. The fourth-order valence-electron chi connectivity index (χ4n) is 3.94. The molecule has 1 heterocycles. The molecule has 4 rings (SSSR count). The van der Waals surface area contributed by atoms with Gasteiger partial charge < -0.3 is 14.8 Å². The Bertz CT molecular complexity index is 1360. The Hall–Kier alpha value is -3.50. The van der Waals surface area contributed by atoms with Gasteiger partial charge in [0.05, 0.1) is 17.2 Å². The molecule has 38 heavy (non-hydrogen) atoms. The number of rotatable bonds is 14. The van der Waals surface area contributed by atoms with Crippen molar-refractivity contribution in [3.05, 3.63) is 60.2 Å². The van der Waals surface area contributed by atoms with Crippen LogP contribution in [-0.4, -0.2) is 51.0 Å². The number of sulfonamides is 1. The highest BCUT2D eigenvalue weighted by Crippen LogP contribution is 2.34. The highest BCUT2D eigenvalue weighted by molar-refractivity contribution is 7.92. The van der Waals surface area contributed by atoms with Gasteiger partial charge in [-0.15, -0.1) is 0 Å². The quantitative estimate of drug-likeness (QED) is 0.287. The van der Waals surface area contributed by atoms with E-state index in [1.807, 2.05) is 31.3 Å². The smallest absolute Gasteiger partial charge is 0.264 e. The van der Waals surface area contributed by atoms with Crippen molar-refractivity contribution in [3.63, 3.8) is 0 Å². The number of para-hydroxylation sites is 1. The summed E-state index contributed by atoms with van der Waals surface area (Å²) in [6, 6.07) is 15.0. The standard InChI is InChI=1S/C28H34N4O5S/c1-19(2)13-22(29-3)18-37-27-15-25(24-9-4-5-10-26(24)36-17-20-11-12-20)30-28(31-27)32-38(34,35)23-8-6-7-21(14-23)16-33/h4-10,14-16,19-20,22,29H,11-13,17-18H2,1-3H3,(H,30,31,32)/t22-/m1/s1. The highest BCUT2D eigenvalue weighted by atomic mass is 32.2. The van der Waals surface area contributed by atoms with Gasteiger partial charge in [-0.25, -0.2) is 18.1 Å². The molecular formula is C28H34N4O5S. The predicted molar refractivity (Wildman–Crippen MR) is 146 cm³/mol. The number of aldehydes is 1. The zero-order valence-corrected chi connectivity index (χ0v) is 22.7. The summed E-state index contributed by atoms with van der Waals surface area (Å²) in [5.74, 6) is 1.78. The van der Waals surface area contributed by atoms with Gasteiger partial charge in [-0.1, -0.05) is 38.1 Å². The number of carbonyl (C=O) groups is 1. The number of likely N-dealkylation sites (N-methyl/N-ethyl adjacent to an activating group) is 1. The van der Waals surface area contributed by atoms with E-state index in [4.69, 9.17) is 9.47 Å². The van der Waals surface area contributed by atoms with Crippen molar-refractivity contribution in [3.8, 4) is 22.9 Å². The Morgan fingerprint density at radius 3 is 2.55 bits per heavy atom. The second kappa shape index (κ2) is 12.4. The first-order valence-electron chi connectivity index (χ1n) is 12.8. The average Bonchev–Trinajstić information content (AvgIpc) is 3.74. The first-order chi connectivity index (χ1) is 18.3. The van der Waals surface area contributed by atoms with Crippen LogP contribution in [0.2, 0.25) is 0 Å². The van der Waals surface area contributed by atoms with Gasteiger partial charge in [-0.2, -0.15) is 4.98 Å². The Morgan fingerprint density at radius 2 is 1.84 bits per heavy atom. The van der Waals surface area contributed by atoms with Gasteiger partial charge >= 0.3 is 0 Å². The van der Waals surface area contributed by atoms with Crippen molar-refractivity contribution in [2.45, 2.75) is 44.0 Å². The SMILES string of the molecule is CN[C@@H](COc1cc(-c2ccccc2OCC2CC2)nc(NS(=O)(=O)c2cccc(C=O)c2)n1)CC(C)C. The number of benzene rings is 2. The number of ether oxygens (including phenoxy) is 2. The zero-order chi connectivity index (χ0) is 27.1. The summed E-state index contributed by atoms with van der Waals surface area (Å²) < 4.78 is 40.8. The Morgan fingerprint density at radius 1 is 1.05 bits per heavy atom. The maximum atomic E-state index is 13.1. The van der Waals surface area contributed by atoms with E-state index in [1.165, 1.54) is 24.3 Å². The summed E-state index contributed by atoms with van der Waals surface area (Å²) in [6.45, 7) is 5.24. The Balaban J connectivity index is 1.67. The number of aromatic nitrogens is 2. The van der Waals surface area contributed by atoms with Crippen LogP contribution in [0, 0.1) is 11.8 Å². The molecule has 10 heteroatoms. The minimum atomic E-state index is -4.07. The topological polar surface area (TPSA) is 120 Å². The molecule has 1 atom stereocenters. The molecular weight excluding hydrogens is 504 g/mol. The third-order valence-electron chi connectivity index (χ3n) is 6.16. The highest BCUT2D eigenvalue weighted by Gasteiger charge is 2.23. The molecule has 2 N–H and O–H groups in total. The zero-order valence-electron chi connectivity index (χ0n) is 21.9. The lowest BCUT2D eigenvalue weighted by Gasteiger charge is -2.19. The monoisotopic (exact) mass is 538 g/mol. The predicted octanol–water partition coefficient (Wildman–Crippen LogP) is 4.56. The summed E-state index contributed by atoms with van der Waals surface area (Å²) in [4.78, 5) is 20.0. The van der Waals surface area contributed by atoms with Gasteiger partial charge in [0.2, 0.25) is 11.8 Å². The molecule has 0 unspecified atom stereocenters. The van der Waals surface area contributed by atoms with Crippen LogP contribution in [0.3, 0.4) is 0 Å². The van der Waals surface area contributed by atoms with E-state index < -0.39 is 10.0 Å². The summed E-state index contributed by atoms with van der Waals surface area (Å²) in [7, 11) is -2.19. The fourth-order valence-corrected chi connectivity index (χ4v) is 4.94. The van der Waals surface area contributed by atoms with Gasteiger partial charge in [0.1, 0.15) is 18.6 Å². The number of hydrogen-bond acceptors (Lipinski definition) is 8. The molecule has 2 aromatic carbocycles. The maximum absolute atomic E-state index is 13.1. The van der Waals surface area contributed by atoms with Gasteiger partial charge in [0.25, 0.3) is 10.0 Å². The molecule has 1 fully saturated rings. The lowest BCUT2D eigenvalue weighted by molar-refractivity contribution is 0.112. The van der Waals surface area contributed by atoms with E-state index in [0.29, 0.717) is 48.3 Å². The number of hydrogen-bond donors (Lipinski definition) is 2. The molecule has 1 saturated carbocycles. The van der Waals surface area contributed by atoms with Gasteiger partial charge in [0.15, 0.2) is 0 Å². The van der Waals surface area contributed by atoms with Crippen molar-refractivity contribution in [2.75, 3.05) is 25.0 Å². The molecule has 0 saturated heterocycles. The molecule has 0 aliphatic heterocycles. The number of nitrogens with one attached hydrogen (secondary N) is 2. The van der Waals surface area contributed by atoms with Crippen molar-refractivity contribution < 1.29 is 22.7 Å². The van der Waals surface area contributed by atoms with Crippen LogP contribution in [0.5, 0.6) is 11.6 Å². The van der Waals surface area contributed by atoms with Crippen LogP contribution in [0.25, 0.3) is 11.3 Å². The molecule has 3 aromatic rings. The third-order valence-corrected chi connectivity index (χ3v) is 7.49. The first-order valence-corrected chi connectivity index (χ1v) is 14.2. The van der Waals surface area contributed by atoms with Crippen LogP contribution in [0.4, 0.5) is 5.95 Å². The molecule has 1 aliphatic rings. The van der Waals surface area contributed by atoms with Crippen molar-refractivity contribution in [1.82, 2.24) is 15.3 Å². The molecule has 0 bridgehead atoms. The molecule has 0 spiro atoms. The summed E-state index contributed by atoms with van der Waals surface area (Å²) >= 11 is 0. The van der Waals surface area contributed by atoms with Crippen LogP contribution in [0.15, 0.2) is 59.5 Å². The van der Waals surface area contributed by atoms with Crippen LogP contribution >= 0.6 is 0 Å². The van der Waals surface area contributed by atoms with E-state index >= 15 is 0 Å². The van der Waals surface area contributed by atoms with Gasteiger partial charge in [0, 0.05) is 23.2 Å². The van der Waals surface area contributed by atoms with E-state index in [-0.39, 0.29) is 28.3 Å². The van der Waals surface area contributed by atoms with Gasteiger partial charge in [-0.05, 0) is 62.4 Å². The van der Waals surface area contributed by atoms with Gasteiger partial charge in [-0.3, -0.25) is 4.79 Å². The largest absolute Gasteiger partial charge is 0.493 e. The van der Waals surface area contributed by atoms with E-state index in [2.05, 4.69) is 33.9 Å².